The van der Waals surface area contributed by atoms with Crippen LogP contribution in [0.3, 0.4) is 0 Å². The molecule has 1 N–H and O–H groups in total. The molecular formula is C19H25N. The van der Waals surface area contributed by atoms with Crippen LogP contribution >= 0.6 is 0 Å². The number of nitrogens with one attached hydrogen (secondary N) is 1. The van der Waals surface area contributed by atoms with Crippen LogP contribution in [0.2, 0.25) is 0 Å². The normalized spacial score (nSPS) is 33.7. The van der Waals surface area contributed by atoms with Gasteiger partial charge in [-0.25, -0.2) is 0 Å². The number of fused-ring (bicyclic) bond motifs is 1. The lowest BCUT2D eigenvalue weighted by atomic mass is 9.69. The van der Waals surface area contributed by atoms with Crippen molar-refractivity contribution in [2.24, 2.45) is 11.8 Å². The van der Waals surface area contributed by atoms with Crippen LogP contribution in [0.1, 0.15) is 44.9 Å². The first-order valence-corrected chi connectivity index (χ1v) is 7.83. The molecule has 1 saturated heterocycles. The SMILES string of the molecule is C#CC=CC[C@H]1CC[C@@H]2[C@@H](CC=CC#C)CCC[C@@H]2N1. The average molecular weight is 267 g/mol. The Balaban J connectivity index is 1.87. The Morgan fingerprint density at radius 1 is 0.950 bits per heavy atom. The van der Waals surface area contributed by atoms with Crippen molar-refractivity contribution in [3.63, 3.8) is 0 Å². The third-order valence-electron chi connectivity index (χ3n) is 4.80. The monoisotopic (exact) mass is 267 g/mol. The summed E-state index contributed by atoms with van der Waals surface area (Å²) >= 11 is 0. The summed E-state index contributed by atoms with van der Waals surface area (Å²) in [6.07, 6.45) is 27.4. The maximum atomic E-state index is 5.28. The van der Waals surface area contributed by atoms with Crippen LogP contribution in [0.5, 0.6) is 0 Å². The highest BCUT2D eigenvalue weighted by Crippen LogP contribution is 2.39. The molecule has 0 spiro atoms. The van der Waals surface area contributed by atoms with E-state index in [2.05, 4.69) is 29.3 Å². The lowest BCUT2D eigenvalue weighted by Gasteiger charge is -2.44. The van der Waals surface area contributed by atoms with Crippen LogP contribution in [-0.2, 0) is 0 Å². The Bertz CT molecular complexity index is 432. The van der Waals surface area contributed by atoms with Crippen molar-refractivity contribution in [1.82, 2.24) is 5.32 Å². The first kappa shape index (κ1) is 15.0. The first-order chi connectivity index (χ1) is 9.85. The topological polar surface area (TPSA) is 12.0 Å². The molecule has 2 fully saturated rings. The van der Waals surface area contributed by atoms with Crippen molar-refractivity contribution in [2.45, 2.75) is 57.0 Å². The van der Waals surface area contributed by atoms with Gasteiger partial charge in [-0.1, -0.05) is 30.4 Å². The van der Waals surface area contributed by atoms with Gasteiger partial charge in [-0.2, -0.15) is 0 Å². The summed E-state index contributed by atoms with van der Waals surface area (Å²) in [5, 5.41) is 3.85. The second-order valence-corrected chi connectivity index (χ2v) is 6.01. The van der Waals surface area contributed by atoms with Crippen LogP contribution in [0.25, 0.3) is 0 Å². The van der Waals surface area contributed by atoms with Gasteiger partial charge in [0.15, 0.2) is 0 Å². The summed E-state index contributed by atoms with van der Waals surface area (Å²) in [6.45, 7) is 0. The summed E-state index contributed by atoms with van der Waals surface area (Å²) in [5.41, 5.74) is 0. The number of terminal acetylenes is 2. The number of allylic oxidation sites excluding steroid dienone is 3. The molecular weight excluding hydrogens is 242 g/mol. The van der Waals surface area contributed by atoms with E-state index in [0.29, 0.717) is 12.1 Å². The van der Waals surface area contributed by atoms with Gasteiger partial charge in [0, 0.05) is 12.1 Å². The zero-order valence-electron chi connectivity index (χ0n) is 12.2. The van der Waals surface area contributed by atoms with E-state index in [1.807, 2.05) is 12.2 Å². The molecule has 2 aliphatic rings. The molecule has 1 heterocycles. The van der Waals surface area contributed by atoms with E-state index in [1.54, 1.807) is 0 Å². The van der Waals surface area contributed by atoms with Crippen molar-refractivity contribution in [3.05, 3.63) is 24.3 Å². The van der Waals surface area contributed by atoms with E-state index in [-0.39, 0.29) is 0 Å². The van der Waals surface area contributed by atoms with Gasteiger partial charge in [-0.05, 0) is 62.5 Å². The lowest BCUT2D eigenvalue weighted by Crippen LogP contribution is -2.51. The maximum Gasteiger partial charge on any atom is 0.0105 e. The summed E-state index contributed by atoms with van der Waals surface area (Å²) in [7, 11) is 0. The van der Waals surface area contributed by atoms with Gasteiger partial charge in [0.05, 0.1) is 0 Å². The first-order valence-electron chi connectivity index (χ1n) is 7.83. The second-order valence-electron chi connectivity index (χ2n) is 6.01. The van der Waals surface area contributed by atoms with E-state index >= 15 is 0 Å². The smallest absolute Gasteiger partial charge is 0.0105 e. The molecule has 0 radical (unpaired) electrons. The van der Waals surface area contributed by atoms with Gasteiger partial charge in [0.2, 0.25) is 0 Å². The molecule has 0 aromatic carbocycles. The molecule has 106 valence electrons. The predicted molar refractivity (Wildman–Crippen MR) is 86.0 cm³/mol. The minimum absolute atomic E-state index is 0.612. The molecule has 0 bridgehead atoms. The maximum absolute atomic E-state index is 5.28. The van der Waals surface area contributed by atoms with E-state index in [1.165, 1.54) is 32.1 Å². The molecule has 20 heavy (non-hydrogen) atoms. The summed E-state index contributed by atoms with van der Waals surface area (Å²) < 4.78 is 0. The van der Waals surface area contributed by atoms with Gasteiger partial charge in [0.1, 0.15) is 0 Å². The zero-order valence-corrected chi connectivity index (χ0v) is 12.2. The number of hydrogen-bond donors (Lipinski definition) is 1. The van der Waals surface area contributed by atoms with Crippen LogP contribution in [0.15, 0.2) is 24.3 Å². The molecule has 0 unspecified atom stereocenters. The Morgan fingerprint density at radius 3 is 2.45 bits per heavy atom. The van der Waals surface area contributed by atoms with Gasteiger partial charge in [0.25, 0.3) is 0 Å². The molecule has 1 aliphatic carbocycles. The highest BCUT2D eigenvalue weighted by molar-refractivity contribution is 5.10. The Kier molecular flexibility index (Phi) is 5.97. The number of hydrogen-bond acceptors (Lipinski definition) is 1. The van der Waals surface area contributed by atoms with E-state index < -0.39 is 0 Å². The van der Waals surface area contributed by atoms with Gasteiger partial charge in [-0.3, -0.25) is 0 Å². The fourth-order valence-corrected chi connectivity index (χ4v) is 3.87. The minimum atomic E-state index is 0.612. The average Bonchev–Trinajstić information content (AvgIpc) is 2.48. The van der Waals surface area contributed by atoms with Crippen LogP contribution in [0, 0.1) is 36.5 Å². The quantitative estimate of drug-likeness (QED) is 0.766. The molecule has 4 atom stereocenters. The van der Waals surface area contributed by atoms with Crippen molar-refractivity contribution >= 4 is 0 Å². The molecule has 0 aromatic heterocycles. The predicted octanol–water partition coefficient (Wildman–Crippen LogP) is 3.68. The summed E-state index contributed by atoms with van der Waals surface area (Å²) in [5.74, 6) is 6.81. The zero-order chi connectivity index (χ0) is 14.2. The van der Waals surface area contributed by atoms with Gasteiger partial charge >= 0.3 is 0 Å². The summed E-state index contributed by atoms with van der Waals surface area (Å²) in [4.78, 5) is 0. The Labute approximate surface area is 123 Å². The highest BCUT2D eigenvalue weighted by atomic mass is 15.0. The second kappa shape index (κ2) is 7.98. The fraction of sp³-hybridized carbons (Fsp3) is 0.579. The standard InChI is InChI=1S/C19H25N/c1-3-5-7-10-16-11-9-13-19-18(16)15-14-17(20-19)12-8-6-4-2/h1-2,5-8,16-20H,9-15H2/t16-,17-,18+,19-/m0/s1. The molecule has 1 nitrogen and oxygen atoms in total. The van der Waals surface area contributed by atoms with Crippen LogP contribution < -0.4 is 5.32 Å². The lowest BCUT2D eigenvalue weighted by molar-refractivity contribution is 0.117. The fourth-order valence-electron chi connectivity index (χ4n) is 3.87. The van der Waals surface area contributed by atoms with Gasteiger partial charge < -0.3 is 5.32 Å². The third kappa shape index (κ3) is 4.03. The summed E-state index contributed by atoms with van der Waals surface area (Å²) in [6, 6.07) is 1.31. The van der Waals surface area contributed by atoms with Crippen molar-refractivity contribution in [2.75, 3.05) is 0 Å². The number of rotatable bonds is 4. The Hall–Kier alpha value is -1.44. The molecule has 1 heteroatoms. The highest BCUT2D eigenvalue weighted by Gasteiger charge is 2.36. The largest absolute Gasteiger partial charge is 0.311 e. The number of piperidine rings is 1. The van der Waals surface area contributed by atoms with E-state index in [4.69, 9.17) is 12.8 Å². The van der Waals surface area contributed by atoms with Crippen molar-refractivity contribution < 1.29 is 0 Å². The van der Waals surface area contributed by atoms with Gasteiger partial charge in [-0.15, -0.1) is 12.8 Å². The minimum Gasteiger partial charge on any atom is -0.311 e. The van der Waals surface area contributed by atoms with Crippen LogP contribution in [0.4, 0.5) is 0 Å². The van der Waals surface area contributed by atoms with E-state index in [9.17, 15) is 0 Å². The molecule has 0 aromatic rings. The van der Waals surface area contributed by atoms with Crippen LogP contribution in [-0.4, -0.2) is 12.1 Å². The van der Waals surface area contributed by atoms with Crippen molar-refractivity contribution in [3.8, 4) is 24.7 Å². The molecule has 1 saturated carbocycles. The third-order valence-corrected chi connectivity index (χ3v) is 4.80. The molecule has 0 amide bonds. The van der Waals surface area contributed by atoms with Crippen molar-refractivity contribution in [1.29, 1.82) is 0 Å². The van der Waals surface area contributed by atoms with E-state index in [0.717, 1.165) is 24.7 Å². The Morgan fingerprint density at radius 2 is 1.70 bits per heavy atom. The molecule has 2 rings (SSSR count). The molecule has 1 aliphatic heterocycles.